The van der Waals surface area contributed by atoms with Crippen LogP contribution in [-0.4, -0.2) is 34.9 Å². The summed E-state index contributed by atoms with van der Waals surface area (Å²) in [6.45, 7) is 4.99. The SMILES string of the molecule is CC(=O)N[C@H]1CCCN(c2cc(C)nc3ccc([N+](=O)[O-])cc23)C1. The van der Waals surface area contributed by atoms with Gasteiger partial charge in [0.25, 0.3) is 5.69 Å². The number of rotatable bonds is 3. The number of amides is 1. The minimum absolute atomic E-state index is 0.0340. The molecule has 0 saturated carbocycles. The molecule has 1 aliphatic heterocycles. The van der Waals surface area contributed by atoms with Crippen molar-refractivity contribution in [2.24, 2.45) is 0 Å². The van der Waals surface area contributed by atoms with Crippen molar-refractivity contribution in [2.75, 3.05) is 18.0 Å². The third kappa shape index (κ3) is 3.29. The molecule has 2 heterocycles. The molecule has 1 atom stereocenters. The Morgan fingerprint density at radius 2 is 2.21 bits per heavy atom. The number of aryl methyl sites for hydroxylation is 1. The average molecular weight is 328 g/mol. The highest BCUT2D eigenvalue weighted by atomic mass is 16.6. The van der Waals surface area contributed by atoms with E-state index in [0.29, 0.717) is 6.54 Å². The molecule has 2 aromatic rings. The number of nitrogens with zero attached hydrogens (tertiary/aromatic N) is 3. The maximum Gasteiger partial charge on any atom is 0.270 e. The first-order valence-electron chi connectivity index (χ1n) is 8.02. The molecule has 7 nitrogen and oxygen atoms in total. The van der Waals surface area contributed by atoms with Crippen LogP contribution in [0.1, 0.15) is 25.5 Å². The lowest BCUT2D eigenvalue weighted by Gasteiger charge is -2.35. The van der Waals surface area contributed by atoms with Crippen molar-refractivity contribution >= 4 is 28.2 Å². The fourth-order valence-electron chi connectivity index (χ4n) is 3.30. The van der Waals surface area contributed by atoms with Gasteiger partial charge in [-0.05, 0) is 31.9 Å². The third-order valence-corrected chi connectivity index (χ3v) is 4.28. The van der Waals surface area contributed by atoms with Gasteiger partial charge in [-0.2, -0.15) is 0 Å². The van der Waals surface area contributed by atoms with Gasteiger partial charge in [-0.3, -0.25) is 19.9 Å². The van der Waals surface area contributed by atoms with Gasteiger partial charge < -0.3 is 10.2 Å². The lowest BCUT2D eigenvalue weighted by molar-refractivity contribution is -0.384. The van der Waals surface area contributed by atoms with E-state index in [1.807, 2.05) is 13.0 Å². The Hall–Kier alpha value is -2.70. The van der Waals surface area contributed by atoms with Crippen LogP contribution < -0.4 is 10.2 Å². The predicted octanol–water partition coefficient (Wildman–Crippen LogP) is 2.56. The number of nitro benzene ring substituents is 1. The Kier molecular flexibility index (Phi) is 4.33. The number of hydrogen-bond acceptors (Lipinski definition) is 5. The minimum Gasteiger partial charge on any atom is -0.369 e. The number of non-ortho nitro benzene ring substituents is 1. The van der Waals surface area contributed by atoms with E-state index in [0.717, 1.165) is 41.7 Å². The van der Waals surface area contributed by atoms with E-state index >= 15 is 0 Å². The molecule has 0 radical (unpaired) electrons. The summed E-state index contributed by atoms with van der Waals surface area (Å²) in [5, 5.41) is 14.8. The van der Waals surface area contributed by atoms with Crippen molar-refractivity contribution in [3.63, 3.8) is 0 Å². The second-order valence-corrected chi connectivity index (χ2v) is 6.23. The Labute approximate surface area is 139 Å². The van der Waals surface area contributed by atoms with Gasteiger partial charge >= 0.3 is 0 Å². The number of carbonyl (C=O) groups is 1. The number of fused-ring (bicyclic) bond motifs is 1. The van der Waals surface area contributed by atoms with Crippen molar-refractivity contribution in [3.05, 3.63) is 40.1 Å². The van der Waals surface area contributed by atoms with Gasteiger partial charge in [0.05, 0.1) is 10.4 Å². The van der Waals surface area contributed by atoms with Crippen LogP contribution >= 0.6 is 0 Å². The minimum atomic E-state index is -0.389. The van der Waals surface area contributed by atoms with E-state index in [1.165, 1.54) is 13.0 Å². The van der Waals surface area contributed by atoms with Crippen LogP contribution in [0, 0.1) is 17.0 Å². The second kappa shape index (κ2) is 6.43. The van der Waals surface area contributed by atoms with Gasteiger partial charge in [0, 0.05) is 55.0 Å². The highest BCUT2D eigenvalue weighted by Gasteiger charge is 2.23. The number of carbonyl (C=O) groups excluding carboxylic acids is 1. The fraction of sp³-hybridized carbons (Fsp3) is 0.412. The number of nitrogens with one attached hydrogen (secondary N) is 1. The summed E-state index contributed by atoms with van der Waals surface area (Å²) in [4.78, 5) is 28.7. The van der Waals surface area contributed by atoms with E-state index in [4.69, 9.17) is 0 Å². The van der Waals surface area contributed by atoms with Crippen LogP contribution in [0.3, 0.4) is 0 Å². The molecule has 1 aromatic carbocycles. The smallest absolute Gasteiger partial charge is 0.270 e. The van der Waals surface area contributed by atoms with Crippen molar-refractivity contribution in [1.82, 2.24) is 10.3 Å². The summed E-state index contributed by atoms with van der Waals surface area (Å²) >= 11 is 0. The maximum atomic E-state index is 11.3. The second-order valence-electron chi connectivity index (χ2n) is 6.23. The highest BCUT2D eigenvalue weighted by Crippen LogP contribution is 2.31. The van der Waals surface area contributed by atoms with Crippen LogP contribution in [0.2, 0.25) is 0 Å². The first-order chi connectivity index (χ1) is 11.4. The van der Waals surface area contributed by atoms with Crippen molar-refractivity contribution in [2.45, 2.75) is 32.7 Å². The monoisotopic (exact) mass is 328 g/mol. The number of hydrogen-bond donors (Lipinski definition) is 1. The molecule has 1 saturated heterocycles. The first-order valence-corrected chi connectivity index (χ1v) is 8.02. The van der Waals surface area contributed by atoms with E-state index in [1.54, 1.807) is 12.1 Å². The fourth-order valence-corrected chi connectivity index (χ4v) is 3.30. The van der Waals surface area contributed by atoms with E-state index in [-0.39, 0.29) is 22.6 Å². The van der Waals surface area contributed by atoms with Crippen LogP contribution in [0.5, 0.6) is 0 Å². The summed E-state index contributed by atoms with van der Waals surface area (Å²) in [7, 11) is 0. The van der Waals surface area contributed by atoms with Gasteiger partial charge in [0.1, 0.15) is 0 Å². The largest absolute Gasteiger partial charge is 0.369 e. The van der Waals surface area contributed by atoms with Gasteiger partial charge in [0.2, 0.25) is 5.91 Å². The molecule has 1 aliphatic rings. The Morgan fingerprint density at radius 3 is 2.92 bits per heavy atom. The van der Waals surface area contributed by atoms with Gasteiger partial charge in [0.15, 0.2) is 0 Å². The number of aromatic nitrogens is 1. The molecule has 0 aliphatic carbocycles. The molecule has 1 amide bonds. The van der Waals surface area contributed by atoms with Gasteiger partial charge in [-0.1, -0.05) is 0 Å². The number of anilines is 1. The molecule has 126 valence electrons. The Morgan fingerprint density at radius 1 is 1.42 bits per heavy atom. The molecule has 3 rings (SSSR count). The lowest BCUT2D eigenvalue weighted by Crippen LogP contribution is -2.47. The molecule has 7 heteroatoms. The molecular formula is C17H20N4O3. The topological polar surface area (TPSA) is 88.4 Å². The summed E-state index contributed by atoms with van der Waals surface area (Å²) < 4.78 is 0. The molecule has 24 heavy (non-hydrogen) atoms. The standard InChI is InChI=1S/C17H20N4O3/c1-11-8-17(20-7-3-4-13(10-20)19-12(2)22)15-9-14(21(23)24)5-6-16(15)18-11/h5-6,8-9,13H,3-4,7,10H2,1-2H3,(H,19,22)/t13-/m0/s1. The summed E-state index contributed by atoms with van der Waals surface area (Å²) in [6, 6.07) is 6.81. The molecule has 0 spiro atoms. The average Bonchev–Trinajstić information content (AvgIpc) is 2.53. The molecule has 0 unspecified atom stereocenters. The van der Waals surface area contributed by atoms with Crippen molar-refractivity contribution in [1.29, 1.82) is 0 Å². The zero-order valence-electron chi connectivity index (χ0n) is 13.8. The summed E-state index contributed by atoms with van der Waals surface area (Å²) in [6.07, 6.45) is 1.90. The number of piperidine rings is 1. The molecule has 0 bridgehead atoms. The maximum absolute atomic E-state index is 11.3. The van der Waals surface area contributed by atoms with Crippen LogP contribution in [0.15, 0.2) is 24.3 Å². The normalized spacial score (nSPS) is 17.8. The first kappa shape index (κ1) is 16.2. The van der Waals surface area contributed by atoms with Gasteiger partial charge in [-0.15, -0.1) is 0 Å². The quantitative estimate of drug-likeness (QED) is 0.691. The van der Waals surface area contributed by atoms with E-state index in [9.17, 15) is 14.9 Å². The highest BCUT2D eigenvalue weighted by molar-refractivity contribution is 5.93. The predicted molar refractivity (Wildman–Crippen MR) is 92.2 cm³/mol. The summed E-state index contributed by atoms with van der Waals surface area (Å²) in [5.74, 6) is -0.0340. The Balaban J connectivity index is 2.02. The number of pyridine rings is 1. The third-order valence-electron chi connectivity index (χ3n) is 4.28. The van der Waals surface area contributed by atoms with Crippen LogP contribution in [-0.2, 0) is 4.79 Å². The molecular weight excluding hydrogens is 308 g/mol. The van der Waals surface area contributed by atoms with E-state index < -0.39 is 0 Å². The van der Waals surface area contributed by atoms with Crippen LogP contribution in [0.25, 0.3) is 10.9 Å². The number of benzene rings is 1. The van der Waals surface area contributed by atoms with Crippen molar-refractivity contribution < 1.29 is 9.72 Å². The van der Waals surface area contributed by atoms with Crippen LogP contribution in [0.4, 0.5) is 11.4 Å². The van der Waals surface area contributed by atoms with E-state index in [2.05, 4.69) is 15.2 Å². The zero-order chi connectivity index (χ0) is 17.3. The number of nitro groups is 1. The molecule has 1 N–H and O–H groups in total. The lowest BCUT2D eigenvalue weighted by atomic mass is 10.0. The Bertz CT molecular complexity index is 806. The molecule has 1 fully saturated rings. The van der Waals surface area contributed by atoms with Crippen molar-refractivity contribution in [3.8, 4) is 0 Å². The molecule has 1 aromatic heterocycles. The van der Waals surface area contributed by atoms with Gasteiger partial charge in [-0.25, -0.2) is 0 Å². The zero-order valence-corrected chi connectivity index (χ0v) is 13.8. The summed E-state index contributed by atoms with van der Waals surface area (Å²) in [5.41, 5.74) is 2.62.